The summed E-state index contributed by atoms with van der Waals surface area (Å²) in [6.45, 7) is 0.761. The molecular weight excluding hydrogens is 363 g/mol. The molecule has 0 amide bonds. The molecule has 130 valence electrons. The summed E-state index contributed by atoms with van der Waals surface area (Å²) in [5, 5.41) is 23.5. The van der Waals surface area contributed by atoms with Crippen molar-refractivity contribution in [1.82, 2.24) is 20.2 Å². The van der Waals surface area contributed by atoms with Gasteiger partial charge in [-0.15, -0.1) is 10.2 Å². The van der Waals surface area contributed by atoms with Gasteiger partial charge in [-0.1, -0.05) is 35.3 Å². The van der Waals surface area contributed by atoms with Gasteiger partial charge >= 0.3 is 0 Å². The molecule has 0 radical (unpaired) electrons. The van der Waals surface area contributed by atoms with E-state index in [0.29, 0.717) is 22.5 Å². The van der Waals surface area contributed by atoms with E-state index in [1.165, 1.54) is 4.80 Å². The molecule has 1 N–H and O–H groups in total. The first-order chi connectivity index (χ1) is 12.1. The highest BCUT2D eigenvalue weighted by Gasteiger charge is 2.10. The minimum Gasteiger partial charge on any atom is -0.389 e. The molecule has 0 aliphatic carbocycles. The molecule has 0 aliphatic rings. The van der Waals surface area contributed by atoms with Crippen molar-refractivity contribution in [2.24, 2.45) is 0 Å². The molecule has 1 heterocycles. The van der Waals surface area contributed by atoms with Crippen LogP contribution in [0.2, 0.25) is 10.0 Å². The largest absolute Gasteiger partial charge is 0.389 e. The topological polar surface area (TPSA) is 73.1 Å². The number of rotatable bonds is 7. The van der Waals surface area contributed by atoms with Crippen LogP contribution in [0.15, 0.2) is 48.5 Å². The van der Waals surface area contributed by atoms with Gasteiger partial charge in [0.1, 0.15) is 0 Å². The summed E-state index contributed by atoms with van der Waals surface area (Å²) in [4.78, 5) is 1.35. The van der Waals surface area contributed by atoms with E-state index in [2.05, 4.69) is 15.4 Å². The number of aliphatic hydroxyl groups is 1. The Bertz CT molecular complexity index is 806. The predicted octanol–water partition coefficient (Wildman–Crippen LogP) is 3.22. The fourth-order valence-corrected chi connectivity index (χ4v) is 2.42. The second kappa shape index (κ2) is 8.40. The van der Waals surface area contributed by atoms with Crippen molar-refractivity contribution in [1.29, 1.82) is 0 Å². The van der Waals surface area contributed by atoms with E-state index in [9.17, 15) is 5.11 Å². The van der Waals surface area contributed by atoms with Crippen molar-refractivity contribution in [3.05, 3.63) is 64.1 Å². The van der Waals surface area contributed by atoms with Crippen molar-refractivity contribution >= 4 is 23.2 Å². The maximum atomic E-state index is 10.0. The number of benzene rings is 2. The molecule has 2 aromatic carbocycles. The minimum atomic E-state index is -0.737. The Morgan fingerprint density at radius 2 is 1.64 bits per heavy atom. The van der Waals surface area contributed by atoms with E-state index in [4.69, 9.17) is 27.9 Å². The second-order valence-electron chi connectivity index (χ2n) is 5.47. The van der Waals surface area contributed by atoms with Gasteiger partial charge in [-0.25, -0.2) is 0 Å². The quantitative estimate of drug-likeness (QED) is 0.683. The molecule has 1 atom stereocenters. The third-order valence-corrected chi connectivity index (χ3v) is 3.93. The molecule has 3 rings (SSSR count). The van der Waals surface area contributed by atoms with Crippen LogP contribution < -0.4 is 0 Å². The van der Waals surface area contributed by atoms with Crippen LogP contribution >= 0.6 is 23.2 Å². The molecule has 0 spiro atoms. The fraction of sp³-hybridized carbons (Fsp3) is 0.235. The van der Waals surface area contributed by atoms with Gasteiger partial charge in [-0.2, -0.15) is 4.80 Å². The van der Waals surface area contributed by atoms with E-state index in [1.807, 2.05) is 24.3 Å². The van der Waals surface area contributed by atoms with E-state index >= 15 is 0 Å². The first kappa shape index (κ1) is 17.8. The Morgan fingerprint density at radius 3 is 2.32 bits per heavy atom. The number of halogens is 2. The summed E-state index contributed by atoms with van der Waals surface area (Å²) in [6.07, 6.45) is -0.737. The Balaban J connectivity index is 1.48. The van der Waals surface area contributed by atoms with Crippen LogP contribution in [0.4, 0.5) is 0 Å². The number of tetrazole rings is 1. The maximum Gasteiger partial charge on any atom is 0.204 e. The van der Waals surface area contributed by atoms with Gasteiger partial charge in [0, 0.05) is 15.6 Å². The van der Waals surface area contributed by atoms with Crippen molar-refractivity contribution in [2.45, 2.75) is 19.3 Å². The van der Waals surface area contributed by atoms with E-state index in [1.54, 1.807) is 24.3 Å². The summed E-state index contributed by atoms with van der Waals surface area (Å²) in [5.74, 6) is 0.478. The van der Waals surface area contributed by atoms with Crippen molar-refractivity contribution in [3.63, 3.8) is 0 Å². The fourth-order valence-electron chi connectivity index (χ4n) is 2.17. The molecule has 0 aliphatic heterocycles. The molecule has 3 aromatic rings. The lowest BCUT2D eigenvalue weighted by Crippen LogP contribution is -2.23. The minimum absolute atomic E-state index is 0.167. The normalized spacial score (nSPS) is 12.3. The monoisotopic (exact) mass is 378 g/mol. The van der Waals surface area contributed by atoms with Gasteiger partial charge in [-0.05, 0) is 47.2 Å². The van der Waals surface area contributed by atoms with E-state index < -0.39 is 6.10 Å². The number of hydrogen-bond acceptors (Lipinski definition) is 5. The van der Waals surface area contributed by atoms with Crippen LogP contribution in [0.25, 0.3) is 11.4 Å². The summed E-state index contributed by atoms with van der Waals surface area (Å²) >= 11 is 11.7. The van der Waals surface area contributed by atoms with Gasteiger partial charge in [0.05, 0.1) is 25.9 Å². The number of ether oxygens (including phenoxy) is 1. The average molecular weight is 379 g/mol. The highest BCUT2D eigenvalue weighted by molar-refractivity contribution is 6.30. The Morgan fingerprint density at radius 1 is 1.00 bits per heavy atom. The first-order valence-electron chi connectivity index (χ1n) is 7.64. The molecule has 6 nitrogen and oxygen atoms in total. The third kappa shape index (κ3) is 5.24. The van der Waals surface area contributed by atoms with Crippen LogP contribution in [0.5, 0.6) is 0 Å². The number of aliphatic hydroxyl groups excluding tert-OH is 1. The van der Waals surface area contributed by atoms with E-state index in [0.717, 1.165) is 11.1 Å². The van der Waals surface area contributed by atoms with Crippen molar-refractivity contribution < 1.29 is 9.84 Å². The molecular formula is C17H16Cl2N4O2. The molecule has 0 fully saturated rings. The molecule has 0 saturated heterocycles. The van der Waals surface area contributed by atoms with E-state index in [-0.39, 0.29) is 13.2 Å². The first-order valence-corrected chi connectivity index (χ1v) is 8.40. The van der Waals surface area contributed by atoms with Crippen molar-refractivity contribution in [3.8, 4) is 11.4 Å². The summed E-state index contributed by atoms with van der Waals surface area (Å²) in [5.41, 5.74) is 1.80. The van der Waals surface area contributed by atoms with Crippen LogP contribution in [0, 0.1) is 0 Å². The van der Waals surface area contributed by atoms with Gasteiger partial charge < -0.3 is 9.84 Å². The molecule has 0 saturated carbocycles. The Labute approximate surface area is 155 Å². The zero-order valence-electron chi connectivity index (χ0n) is 13.2. The predicted molar refractivity (Wildman–Crippen MR) is 95.4 cm³/mol. The van der Waals surface area contributed by atoms with Gasteiger partial charge in [0.25, 0.3) is 0 Å². The lowest BCUT2D eigenvalue weighted by molar-refractivity contribution is 0.0165. The van der Waals surface area contributed by atoms with Gasteiger partial charge in [0.2, 0.25) is 5.82 Å². The van der Waals surface area contributed by atoms with Crippen LogP contribution in [-0.2, 0) is 17.9 Å². The molecule has 25 heavy (non-hydrogen) atoms. The Hall–Kier alpha value is -1.99. The zero-order valence-corrected chi connectivity index (χ0v) is 14.7. The maximum absolute atomic E-state index is 10.0. The number of hydrogen-bond donors (Lipinski definition) is 1. The van der Waals surface area contributed by atoms with Gasteiger partial charge in [0.15, 0.2) is 0 Å². The van der Waals surface area contributed by atoms with Crippen molar-refractivity contribution in [2.75, 3.05) is 6.61 Å². The lowest BCUT2D eigenvalue weighted by atomic mass is 10.2. The smallest absolute Gasteiger partial charge is 0.204 e. The van der Waals surface area contributed by atoms with Crippen LogP contribution in [0.1, 0.15) is 5.56 Å². The highest BCUT2D eigenvalue weighted by Crippen LogP contribution is 2.17. The number of nitrogens with zero attached hydrogens (tertiary/aromatic N) is 4. The average Bonchev–Trinajstić information content (AvgIpc) is 3.06. The molecule has 1 aromatic heterocycles. The van der Waals surface area contributed by atoms with Gasteiger partial charge in [-0.3, -0.25) is 0 Å². The highest BCUT2D eigenvalue weighted by atomic mass is 35.5. The molecule has 0 bridgehead atoms. The molecule has 1 unspecified atom stereocenters. The lowest BCUT2D eigenvalue weighted by Gasteiger charge is -2.10. The zero-order chi connectivity index (χ0) is 17.6. The SMILES string of the molecule is OC(COCc1ccc(Cl)cc1)Cn1nnc(-c2ccc(Cl)cc2)n1. The Kier molecular flexibility index (Phi) is 5.99. The third-order valence-electron chi connectivity index (χ3n) is 3.42. The second-order valence-corrected chi connectivity index (χ2v) is 6.34. The number of aromatic nitrogens is 4. The van der Waals surface area contributed by atoms with Crippen LogP contribution in [-0.4, -0.2) is 38.0 Å². The summed E-state index contributed by atoms with van der Waals surface area (Å²) < 4.78 is 5.50. The summed E-state index contributed by atoms with van der Waals surface area (Å²) in [7, 11) is 0. The standard InChI is InChI=1S/C17H16Cl2N4O2/c18-14-5-1-12(2-6-14)10-25-11-16(24)9-23-21-17(20-22-23)13-3-7-15(19)8-4-13/h1-8,16,24H,9-11H2. The summed E-state index contributed by atoms with van der Waals surface area (Å²) in [6, 6.07) is 14.5. The molecule has 8 heteroatoms. The van der Waals surface area contributed by atoms with Crippen LogP contribution in [0.3, 0.4) is 0 Å².